The summed E-state index contributed by atoms with van der Waals surface area (Å²) < 4.78 is 38.5. The normalized spacial score (nSPS) is 14.0. The van der Waals surface area contributed by atoms with E-state index in [1.165, 1.54) is 17.2 Å². The number of oxime groups is 1. The number of hydrogen-bond donors (Lipinski definition) is 0. The Hall–Kier alpha value is -3.28. The molecule has 3 aromatic rings. The third kappa shape index (κ3) is 4.48. The van der Waals surface area contributed by atoms with Crippen molar-refractivity contribution in [1.29, 1.82) is 0 Å². The lowest BCUT2D eigenvalue weighted by molar-refractivity contribution is -0.137. The van der Waals surface area contributed by atoms with Gasteiger partial charge in [-0.15, -0.1) is 0 Å². The molecule has 0 unspecified atom stereocenters. The van der Waals surface area contributed by atoms with Gasteiger partial charge in [0.1, 0.15) is 6.61 Å². The molecule has 30 heavy (non-hydrogen) atoms. The molecule has 0 spiro atoms. The van der Waals surface area contributed by atoms with Crippen molar-refractivity contribution >= 4 is 11.4 Å². The van der Waals surface area contributed by atoms with Crippen LogP contribution in [0.5, 0.6) is 0 Å². The summed E-state index contributed by atoms with van der Waals surface area (Å²) in [6, 6.07) is 21.5. The van der Waals surface area contributed by atoms with Gasteiger partial charge in [0.2, 0.25) is 0 Å². The van der Waals surface area contributed by atoms with Gasteiger partial charge in [-0.2, -0.15) is 13.2 Å². The molecular formula is C24H21F3N2O. The van der Waals surface area contributed by atoms with Gasteiger partial charge >= 0.3 is 6.18 Å². The number of anilines is 1. The Morgan fingerprint density at radius 2 is 1.63 bits per heavy atom. The predicted octanol–water partition coefficient (Wildman–Crippen LogP) is 6.17. The summed E-state index contributed by atoms with van der Waals surface area (Å²) in [4.78, 5) is 7.62. The minimum Gasteiger partial charge on any atom is -0.391 e. The second kappa shape index (κ2) is 8.22. The van der Waals surface area contributed by atoms with E-state index in [2.05, 4.69) is 46.5 Å². The highest BCUT2D eigenvalue weighted by Gasteiger charge is 2.30. The van der Waals surface area contributed by atoms with Gasteiger partial charge in [-0.1, -0.05) is 53.7 Å². The lowest BCUT2D eigenvalue weighted by atomic mass is 10.1. The van der Waals surface area contributed by atoms with E-state index >= 15 is 0 Å². The maximum Gasteiger partial charge on any atom is 0.416 e. The van der Waals surface area contributed by atoms with E-state index in [0.717, 1.165) is 36.5 Å². The van der Waals surface area contributed by atoms with E-state index in [4.69, 9.17) is 4.84 Å². The van der Waals surface area contributed by atoms with Crippen LogP contribution in [0.3, 0.4) is 0 Å². The maximum absolute atomic E-state index is 12.8. The molecule has 3 nitrogen and oxygen atoms in total. The molecule has 1 heterocycles. The summed E-state index contributed by atoms with van der Waals surface area (Å²) in [6.07, 6.45) is -4.37. The van der Waals surface area contributed by atoms with Crippen LogP contribution in [0.4, 0.5) is 18.9 Å². The van der Waals surface area contributed by atoms with Crippen molar-refractivity contribution in [3.05, 3.63) is 101 Å². The van der Waals surface area contributed by atoms with Crippen molar-refractivity contribution in [2.45, 2.75) is 32.8 Å². The number of rotatable bonds is 5. The van der Waals surface area contributed by atoms with Gasteiger partial charge in [0.05, 0.1) is 11.3 Å². The molecule has 0 bridgehead atoms. The number of nitrogens with zero attached hydrogens (tertiary/aromatic N) is 2. The topological polar surface area (TPSA) is 24.8 Å². The van der Waals surface area contributed by atoms with Crippen LogP contribution in [0, 0.1) is 0 Å². The van der Waals surface area contributed by atoms with Crippen LogP contribution in [-0.2, 0) is 30.7 Å². The summed E-state index contributed by atoms with van der Waals surface area (Å²) in [7, 11) is 0. The Morgan fingerprint density at radius 3 is 2.33 bits per heavy atom. The molecule has 0 fully saturated rings. The van der Waals surface area contributed by atoms with Crippen LogP contribution < -0.4 is 4.90 Å². The van der Waals surface area contributed by atoms with Crippen LogP contribution in [0.2, 0.25) is 0 Å². The minimum absolute atomic E-state index is 0.0254. The molecule has 1 aliphatic heterocycles. The molecule has 6 heteroatoms. The minimum atomic E-state index is -4.37. The number of fused-ring (bicyclic) bond motifs is 1. The third-order valence-corrected chi connectivity index (χ3v) is 5.16. The average Bonchev–Trinajstić information content (AvgIpc) is 3.18. The Labute approximate surface area is 173 Å². The van der Waals surface area contributed by atoms with Gasteiger partial charge in [0.15, 0.2) is 0 Å². The monoisotopic (exact) mass is 410 g/mol. The molecule has 0 saturated heterocycles. The predicted molar refractivity (Wildman–Crippen MR) is 111 cm³/mol. The second-order valence-electron chi connectivity index (χ2n) is 7.32. The van der Waals surface area contributed by atoms with Gasteiger partial charge in [-0.25, -0.2) is 0 Å². The fourth-order valence-corrected chi connectivity index (χ4v) is 3.54. The van der Waals surface area contributed by atoms with E-state index < -0.39 is 11.7 Å². The summed E-state index contributed by atoms with van der Waals surface area (Å²) in [5.74, 6) is 0. The van der Waals surface area contributed by atoms with Crippen LogP contribution in [-0.4, -0.2) is 5.71 Å². The highest BCUT2D eigenvalue weighted by molar-refractivity contribution is 5.99. The van der Waals surface area contributed by atoms with Crippen molar-refractivity contribution < 1.29 is 18.0 Å². The molecule has 154 valence electrons. The molecule has 0 aliphatic carbocycles. The van der Waals surface area contributed by atoms with Gasteiger partial charge in [-0.3, -0.25) is 0 Å². The first-order valence-electron chi connectivity index (χ1n) is 9.65. The van der Waals surface area contributed by atoms with Crippen LogP contribution in [0.25, 0.3) is 0 Å². The van der Waals surface area contributed by atoms with Crippen LogP contribution >= 0.6 is 0 Å². The SMILES string of the molecule is C/C(=N\OCc1cccc(C(F)(F)F)c1)c1cccc(N2Cc3ccccc3C2)c1. The smallest absolute Gasteiger partial charge is 0.391 e. The Morgan fingerprint density at radius 1 is 0.933 bits per heavy atom. The van der Waals surface area contributed by atoms with Gasteiger partial charge in [0, 0.05) is 24.3 Å². The maximum atomic E-state index is 12.8. The molecule has 0 amide bonds. The standard InChI is InChI=1S/C24H21F3N2O/c1-17(28-30-16-18-6-4-10-22(12-18)24(25,26)27)19-9-5-11-23(13-19)29-14-20-7-2-3-8-21(20)15-29/h2-13H,14-16H2,1H3/b28-17+. The van der Waals surface area contributed by atoms with E-state index in [1.807, 2.05) is 19.1 Å². The van der Waals surface area contributed by atoms with Gasteiger partial charge in [0.25, 0.3) is 0 Å². The van der Waals surface area contributed by atoms with Crippen molar-refractivity contribution in [3.8, 4) is 0 Å². The Kier molecular flexibility index (Phi) is 5.48. The quantitative estimate of drug-likeness (QED) is 0.371. The average molecular weight is 410 g/mol. The first kappa shape index (κ1) is 20.0. The molecule has 0 N–H and O–H groups in total. The van der Waals surface area contributed by atoms with E-state index in [9.17, 15) is 13.2 Å². The lowest BCUT2D eigenvalue weighted by Crippen LogP contribution is -2.14. The zero-order chi connectivity index (χ0) is 21.1. The van der Waals surface area contributed by atoms with Crippen molar-refractivity contribution in [3.63, 3.8) is 0 Å². The van der Waals surface area contributed by atoms with Gasteiger partial charge in [-0.05, 0) is 47.9 Å². The fraction of sp³-hybridized carbons (Fsp3) is 0.208. The molecule has 1 aliphatic rings. The highest BCUT2D eigenvalue weighted by atomic mass is 19.4. The summed E-state index contributed by atoms with van der Waals surface area (Å²) >= 11 is 0. The van der Waals surface area contributed by atoms with E-state index in [1.54, 1.807) is 6.07 Å². The molecule has 4 rings (SSSR count). The van der Waals surface area contributed by atoms with Crippen molar-refractivity contribution in [2.24, 2.45) is 5.16 Å². The third-order valence-electron chi connectivity index (χ3n) is 5.16. The zero-order valence-corrected chi connectivity index (χ0v) is 16.5. The van der Waals surface area contributed by atoms with Crippen LogP contribution in [0.15, 0.2) is 78.0 Å². The second-order valence-corrected chi connectivity index (χ2v) is 7.32. The lowest BCUT2D eigenvalue weighted by Gasteiger charge is -2.18. The molecule has 0 atom stereocenters. The molecule has 0 saturated carbocycles. The largest absolute Gasteiger partial charge is 0.416 e. The highest BCUT2D eigenvalue weighted by Crippen LogP contribution is 2.30. The fourth-order valence-electron chi connectivity index (χ4n) is 3.54. The van der Waals surface area contributed by atoms with E-state index in [-0.39, 0.29) is 6.61 Å². The van der Waals surface area contributed by atoms with Crippen LogP contribution in [0.1, 0.15) is 34.7 Å². The zero-order valence-electron chi connectivity index (χ0n) is 16.5. The Bertz CT molecular complexity index is 1050. The summed E-state index contributed by atoms with van der Waals surface area (Å²) in [5.41, 5.74) is 5.06. The number of hydrogen-bond acceptors (Lipinski definition) is 3. The Balaban J connectivity index is 1.42. The van der Waals surface area contributed by atoms with Gasteiger partial charge < -0.3 is 9.74 Å². The molecular weight excluding hydrogens is 389 g/mol. The molecule has 3 aromatic carbocycles. The number of halogens is 3. The summed E-state index contributed by atoms with van der Waals surface area (Å²) in [5, 5.41) is 4.11. The number of alkyl halides is 3. The van der Waals surface area contributed by atoms with Crippen molar-refractivity contribution in [2.75, 3.05) is 4.90 Å². The summed E-state index contributed by atoms with van der Waals surface area (Å²) in [6.45, 7) is 3.52. The first-order valence-corrected chi connectivity index (χ1v) is 9.65. The molecule has 0 radical (unpaired) electrons. The molecule has 0 aromatic heterocycles. The van der Waals surface area contributed by atoms with E-state index in [0.29, 0.717) is 11.3 Å². The van der Waals surface area contributed by atoms with Crippen molar-refractivity contribution in [1.82, 2.24) is 0 Å². The first-order chi connectivity index (χ1) is 14.4. The number of benzene rings is 3.